The van der Waals surface area contributed by atoms with Crippen LogP contribution in [0.5, 0.6) is 0 Å². The van der Waals surface area contributed by atoms with Crippen molar-refractivity contribution in [3.05, 3.63) is 67.8 Å². The van der Waals surface area contributed by atoms with Crippen LogP contribution in [0.4, 0.5) is 11.4 Å². The third kappa shape index (κ3) is 6.14. The number of nitrogens with zero attached hydrogens (tertiary/aromatic N) is 2. The first-order valence-corrected chi connectivity index (χ1v) is 9.88. The van der Waals surface area contributed by atoms with Gasteiger partial charge in [0.1, 0.15) is 9.79 Å². The van der Waals surface area contributed by atoms with E-state index < -0.39 is 51.2 Å². The van der Waals surface area contributed by atoms with Crippen LogP contribution >= 0.6 is 0 Å². The Bertz CT molecular complexity index is 1130. The van der Waals surface area contributed by atoms with Crippen molar-refractivity contribution < 1.29 is 66.8 Å². The fourth-order valence-corrected chi connectivity index (χ4v) is 3.58. The quantitative estimate of drug-likeness (QED) is 0.185. The van der Waals surface area contributed by atoms with Gasteiger partial charge in [-0.3, -0.25) is 29.3 Å². The zero-order chi connectivity index (χ0) is 21.3. The first-order valence-electron chi connectivity index (χ1n) is 7.00. The van der Waals surface area contributed by atoms with Crippen molar-refractivity contribution in [3.8, 4) is 0 Å². The number of nitro groups is 2. The van der Waals surface area contributed by atoms with E-state index in [0.717, 1.165) is 36.4 Å². The predicted molar refractivity (Wildman–Crippen MR) is 95.9 cm³/mol. The van der Waals surface area contributed by atoms with E-state index in [9.17, 15) is 46.2 Å². The van der Waals surface area contributed by atoms with Crippen LogP contribution in [-0.4, -0.2) is 35.8 Å². The molecule has 0 radical (unpaired) electrons. The summed E-state index contributed by atoms with van der Waals surface area (Å²) in [5, 5.41) is 21.5. The Labute approximate surface area is 187 Å². The Morgan fingerprint density at radius 1 is 0.759 bits per heavy atom. The van der Waals surface area contributed by atoms with Gasteiger partial charge >= 0.3 is 29.6 Å². The van der Waals surface area contributed by atoms with Gasteiger partial charge in [-0.2, -0.15) is 16.8 Å². The molecular formula is C14H11N2NaO10S2. The summed E-state index contributed by atoms with van der Waals surface area (Å²) in [6, 6.07) is 5.11. The summed E-state index contributed by atoms with van der Waals surface area (Å²) >= 11 is 0. The van der Waals surface area contributed by atoms with E-state index in [0.29, 0.717) is 12.1 Å². The first kappa shape index (κ1) is 24.8. The summed E-state index contributed by atoms with van der Waals surface area (Å²) in [4.78, 5) is 18.2. The van der Waals surface area contributed by atoms with Crippen LogP contribution in [0.15, 0.2) is 46.2 Å². The minimum absolute atomic E-state index is 0. The molecule has 0 aliphatic rings. The zero-order valence-corrected chi connectivity index (χ0v) is 18.1. The largest absolute Gasteiger partial charge is 1.00 e. The van der Waals surface area contributed by atoms with Gasteiger partial charge < -0.3 is 1.43 Å². The van der Waals surface area contributed by atoms with Gasteiger partial charge in [0.15, 0.2) is 0 Å². The van der Waals surface area contributed by atoms with Crippen molar-refractivity contribution in [2.24, 2.45) is 0 Å². The number of benzene rings is 2. The molecule has 15 heteroatoms. The third-order valence-corrected chi connectivity index (χ3v) is 5.23. The Balaban J connectivity index is 0.00000420. The average molecular weight is 454 g/mol. The number of hydrogen-bond donors (Lipinski definition) is 2. The number of non-ortho nitro benzene ring substituents is 2. The van der Waals surface area contributed by atoms with E-state index in [2.05, 4.69) is 0 Å². The number of rotatable bonds is 6. The molecule has 0 saturated heterocycles. The second kappa shape index (κ2) is 9.08. The fourth-order valence-electron chi connectivity index (χ4n) is 2.17. The normalized spacial score (nSPS) is 11.8. The minimum Gasteiger partial charge on any atom is -1.00 e. The molecule has 0 fully saturated rings. The van der Waals surface area contributed by atoms with Gasteiger partial charge in [-0.1, -0.05) is 12.2 Å². The van der Waals surface area contributed by atoms with Crippen molar-refractivity contribution in [1.29, 1.82) is 0 Å². The van der Waals surface area contributed by atoms with E-state index in [-0.39, 0.29) is 42.1 Å². The van der Waals surface area contributed by atoms with E-state index in [1.807, 2.05) is 0 Å². The average Bonchev–Trinajstić information content (AvgIpc) is 2.57. The van der Waals surface area contributed by atoms with Crippen LogP contribution in [0.25, 0.3) is 12.2 Å². The van der Waals surface area contributed by atoms with Crippen molar-refractivity contribution in [2.75, 3.05) is 0 Å². The van der Waals surface area contributed by atoms with Crippen molar-refractivity contribution >= 4 is 43.8 Å². The summed E-state index contributed by atoms with van der Waals surface area (Å²) < 4.78 is 64.4. The van der Waals surface area contributed by atoms with E-state index >= 15 is 0 Å². The van der Waals surface area contributed by atoms with Gasteiger partial charge in [-0.15, -0.1) is 0 Å². The Morgan fingerprint density at radius 2 is 1.07 bits per heavy atom. The van der Waals surface area contributed by atoms with E-state index in [1.165, 1.54) is 0 Å². The summed E-state index contributed by atoms with van der Waals surface area (Å²) in [6.45, 7) is 0. The third-order valence-electron chi connectivity index (χ3n) is 3.41. The number of hydrogen-bond acceptors (Lipinski definition) is 8. The molecule has 0 amide bonds. The summed E-state index contributed by atoms with van der Waals surface area (Å²) in [6.07, 6.45) is 2.01. The number of nitro benzene ring substituents is 2. The zero-order valence-electron chi connectivity index (χ0n) is 15.5. The van der Waals surface area contributed by atoms with Crippen LogP contribution in [0.1, 0.15) is 12.6 Å². The molecule has 0 saturated carbocycles. The molecule has 0 spiro atoms. The molecule has 0 atom stereocenters. The van der Waals surface area contributed by atoms with Crippen molar-refractivity contribution in [3.63, 3.8) is 0 Å². The van der Waals surface area contributed by atoms with E-state index in [1.54, 1.807) is 0 Å². The molecule has 29 heavy (non-hydrogen) atoms. The minimum atomic E-state index is -4.86. The molecule has 0 aliphatic heterocycles. The van der Waals surface area contributed by atoms with Gasteiger partial charge in [0.25, 0.3) is 31.6 Å². The predicted octanol–water partition coefficient (Wildman–Crippen LogP) is -0.717. The standard InChI is InChI=1S/C14H10N2O10S2.Na.H/c17-15(18)11-5-3-9(13(7-11)27(21,22)23)1-2-10-4-6-12(16(19)20)8-14(10)28(24,25)26;;/h1-8H,(H,21,22,23)(H,24,25,26);;/q;+1;-1. The Kier molecular flexibility index (Phi) is 7.78. The second-order valence-corrected chi connectivity index (χ2v) is 8.02. The van der Waals surface area contributed by atoms with E-state index in [4.69, 9.17) is 0 Å². The molecule has 2 aromatic rings. The molecule has 2 N–H and O–H groups in total. The molecule has 150 valence electrons. The Hall–Kier alpha value is -2.20. The smallest absolute Gasteiger partial charge is 1.00 e. The van der Waals surface area contributed by atoms with Crippen LogP contribution in [0.3, 0.4) is 0 Å². The van der Waals surface area contributed by atoms with Gasteiger partial charge in [-0.05, 0) is 23.3 Å². The maximum Gasteiger partial charge on any atom is 1.00 e. The van der Waals surface area contributed by atoms with Gasteiger partial charge in [-0.25, -0.2) is 0 Å². The maximum atomic E-state index is 11.5. The van der Waals surface area contributed by atoms with Crippen molar-refractivity contribution in [1.82, 2.24) is 0 Å². The van der Waals surface area contributed by atoms with Crippen LogP contribution < -0.4 is 29.6 Å². The molecular weight excluding hydrogens is 443 g/mol. The topological polar surface area (TPSA) is 195 Å². The summed E-state index contributed by atoms with van der Waals surface area (Å²) in [5.74, 6) is 0. The molecule has 2 rings (SSSR count). The van der Waals surface area contributed by atoms with Crippen molar-refractivity contribution in [2.45, 2.75) is 9.79 Å². The molecule has 0 heterocycles. The molecule has 0 unspecified atom stereocenters. The summed E-state index contributed by atoms with van der Waals surface area (Å²) in [7, 11) is -9.73. The van der Waals surface area contributed by atoms with Gasteiger partial charge in [0, 0.05) is 24.3 Å². The van der Waals surface area contributed by atoms with Gasteiger partial charge in [0.05, 0.1) is 9.85 Å². The Morgan fingerprint density at radius 3 is 1.31 bits per heavy atom. The van der Waals surface area contributed by atoms with Crippen LogP contribution in [0.2, 0.25) is 0 Å². The SMILES string of the molecule is O=[N+]([O-])c1ccc(C=Cc2ccc([N+](=O)[O-])cc2S(=O)(=O)O)c(S(=O)(=O)O)c1.[H-].[Na+]. The molecule has 0 aromatic heterocycles. The molecule has 12 nitrogen and oxygen atoms in total. The molecule has 0 bridgehead atoms. The van der Waals surface area contributed by atoms with Gasteiger partial charge in [0.2, 0.25) is 0 Å². The first-order chi connectivity index (χ1) is 12.8. The second-order valence-electron chi connectivity index (χ2n) is 5.24. The van der Waals surface area contributed by atoms with Crippen LogP contribution in [0, 0.1) is 20.2 Å². The monoisotopic (exact) mass is 454 g/mol. The fraction of sp³-hybridized carbons (Fsp3) is 0. The maximum absolute atomic E-state index is 11.5. The van der Waals surface area contributed by atoms with Crippen LogP contribution in [-0.2, 0) is 20.2 Å². The molecule has 2 aromatic carbocycles. The summed E-state index contributed by atoms with van der Waals surface area (Å²) in [5.41, 5.74) is -1.68. The molecule has 0 aliphatic carbocycles.